The summed E-state index contributed by atoms with van der Waals surface area (Å²) in [5, 5.41) is 17.4. The molecule has 126 valence electrons. The van der Waals surface area contributed by atoms with Gasteiger partial charge in [-0.2, -0.15) is 5.10 Å². The second-order valence-electron chi connectivity index (χ2n) is 5.25. The largest absolute Gasteiger partial charge is 0.491 e. The van der Waals surface area contributed by atoms with Crippen LogP contribution in [0.5, 0.6) is 11.6 Å². The van der Waals surface area contributed by atoms with Crippen LogP contribution in [0.25, 0.3) is 0 Å². The zero-order valence-electron chi connectivity index (χ0n) is 13.5. The third-order valence-corrected chi connectivity index (χ3v) is 3.42. The summed E-state index contributed by atoms with van der Waals surface area (Å²) in [5.74, 6) is 0.905. The number of aromatic nitrogens is 2. The van der Waals surface area contributed by atoms with Crippen molar-refractivity contribution in [2.24, 2.45) is 7.05 Å². The minimum absolute atomic E-state index is 0.127. The summed E-state index contributed by atoms with van der Waals surface area (Å²) >= 11 is 0. The molecule has 0 spiro atoms. The Labute approximate surface area is 134 Å². The van der Waals surface area contributed by atoms with Crippen molar-refractivity contribution in [1.29, 1.82) is 0 Å². The second-order valence-corrected chi connectivity index (χ2v) is 5.25. The van der Waals surface area contributed by atoms with Crippen LogP contribution < -0.4 is 14.8 Å². The van der Waals surface area contributed by atoms with E-state index in [1.807, 2.05) is 14.0 Å². The molecule has 1 aromatic heterocycles. The number of hydrogen-bond acceptors (Lipinski definition) is 5. The third-order valence-electron chi connectivity index (χ3n) is 3.42. The van der Waals surface area contributed by atoms with E-state index in [-0.39, 0.29) is 12.4 Å². The van der Waals surface area contributed by atoms with Gasteiger partial charge in [-0.3, -0.25) is 0 Å². The first kappa shape index (κ1) is 17.2. The first-order chi connectivity index (χ1) is 11.0. The van der Waals surface area contributed by atoms with Crippen molar-refractivity contribution in [3.8, 4) is 11.6 Å². The zero-order chi connectivity index (χ0) is 16.8. The maximum atomic E-state index is 12.8. The predicted molar refractivity (Wildman–Crippen MR) is 84.1 cm³/mol. The van der Waals surface area contributed by atoms with E-state index in [0.29, 0.717) is 24.7 Å². The maximum absolute atomic E-state index is 12.8. The first-order valence-corrected chi connectivity index (χ1v) is 7.35. The van der Waals surface area contributed by atoms with Crippen LogP contribution in [-0.4, -0.2) is 41.3 Å². The van der Waals surface area contributed by atoms with Gasteiger partial charge < -0.3 is 19.9 Å². The molecule has 0 amide bonds. The van der Waals surface area contributed by atoms with Crippen molar-refractivity contribution >= 4 is 0 Å². The Kier molecular flexibility index (Phi) is 5.95. The van der Waals surface area contributed by atoms with Gasteiger partial charge in [0.05, 0.1) is 18.4 Å². The topological polar surface area (TPSA) is 68.5 Å². The molecule has 0 aliphatic heterocycles. The van der Waals surface area contributed by atoms with Crippen molar-refractivity contribution in [3.63, 3.8) is 0 Å². The van der Waals surface area contributed by atoms with E-state index in [1.54, 1.807) is 11.8 Å². The molecule has 2 aromatic rings. The van der Waals surface area contributed by atoms with Crippen LogP contribution in [0, 0.1) is 12.7 Å². The number of ether oxygens (including phenoxy) is 2. The quantitative estimate of drug-likeness (QED) is 0.769. The first-order valence-electron chi connectivity index (χ1n) is 7.35. The summed E-state index contributed by atoms with van der Waals surface area (Å²) < 4.78 is 25.2. The van der Waals surface area contributed by atoms with E-state index in [9.17, 15) is 9.50 Å². The number of aryl methyl sites for hydroxylation is 2. The lowest BCUT2D eigenvalue weighted by Gasteiger charge is -2.13. The molecule has 7 heteroatoms. The molecule has 6 nitrogen and oxygen atoms in total. The van der Waals surface area contributed by atoms with Gasteiger partial charge in [0.2, 0.25) is 5.88 Å². The number of aliphatic hydroxyl groups excluding tert-OH is 1. The number of nitrogens with zero attached hydrogens (tertiary/aromatic N) is 2. The number of aliphatic hydroxyl groups is 1. The van der Waals surface area contributed by atoms with Crippen molar-refractivity contribution in [1.82, 2.24) is 15.1 Å². The summed E-state index contributed by atoms with van der Waals surface area (Å²) in [4.78, 5) is 0. The fourth-order valence-corrected chi connectivity index (χ4v) is 2.29. The lowest BCUT2D eigenvalue weighted by Crippen LogP contribution is -2.31. The molecule has 0 saturated carbocycles. The van der Waals surface area contributed by atoms with Crippen LogP contribution in [0.3, 0.4) is 0 Å². The molecule has 0 bridgehead atoms. The highest BCUT2D eigenvalue weighted by atomic mass is 19.1. The molecule has 1 unspecified atom stereocenters. The van der Waals surface area contributed by atoms with E-state index in [2.05, 4.69) is 10.4 Å². The Balaban J connectivity index is 1.76. The molecular weight excluding hydrogens is 301 g/mol. The van der Waals surface area contributed by atoms with Gasteiger partial charge in [-0.1, -0.05) is 0 Å². The lowest BCUT2D eigenvalue weighted by molar-refractivity contribution is 0.106. The van der Waals surface area contributed by atoms with Gasteiger partial charge in [-0.05, 0) is 31.2 Å². The van der Waals surface area contributed by atoms with Gasteiger partial charge in [0.25, 0.3) is 0 Å². The normalized spacial score (nSPS) is 12.2. The summed E-state index contributed by atoms with van der Waals surface area (Å²) in [7, 11) is 3.42. The van der Waals surface area contributed by atoms with Crippen molar-refractivity contribution in [3.05, 3.63) is 41.3 Å². The molecule has 2 rings (SSSR count). The summed E-state index contributed by atoms with van der Waals surface area (Å²) in [5.41, 5.74) is 1.84. The van der Waals surface area contributed by atoms with Crippen LogP contribution >= 0.6 is 0 Å². The Bertz CT molecular complexity index is 628. The lowest BCUT2D eigenvalue weighted by atomic mass is 10.2. The molecule has 0 aliphatic rings. The molecule has 0 aliphatic carbocycles. The molecule has 1 heterocycles. The van der Waals surface area contributed by atoms with Crippen LogP contribution in [0.15, 0.2) is 24.3 Å². The van der Waals surface area contributed by atoms with Crippen molar-refractivity contribution < 1.29 is 19.0 Å². The maximum Gasteiger partial charge on any atom is 0.216 e. The highest BCUT2D eigenvalue weighted by Crippen LogP contribution is 2.20. The zero-order valence-corrected chi connectivity index (χ0v) is 13.5. The van der Waals surface area contributed by atoms with Crippen molar-refractivity contribution in [2.45, 2.75) is 19.6 Å². The average Bonchev–Trinajstić information content (AvgIpc) is 2.80. The van der Waals surface area contributed by atoms with Crippen LogP contribution in [-0.2, 0) is 13.6 Å². The second kappa shape index (κ2) is 7.94. The smallest absolute Gasteiger partial charge is 0.216 e. The average molecular weight is 323 g/mol. The van der Waals surface area contributed by atoms with Gasteiger partial charge in [-0.15, -0.1) is 0 Å². The minimum atomic E-state index is -0.678. The van der Waals surface area contributed by atoms with Crippen molar-refractivity contribution in [2.75, 3.05) is 20.3 Å². The van der Waals surface area contributed by atoms with E-state index in [4.69, 9.17) is 9.47 Å². The summed E-state index contributed by atoms with van der Waals surface area (Å²) in [6.07, 6.45) is -0.678. The standard InChI is InChI=1S/C16H22FN3O3/c1-11-15(16(22-3)20(2)19-11)9-18-8-13(21)10-23-14-6-4-12(17)5-7-14/h4-7,13,18,21H,8-10H2,1-3H3. The Morgan fingerprint density at radius 3 is 2.70 bits per heavy atom. The molecular formula is C16H22FN3O3. The molecule has 1 atom stereocenters. The van der Waals surface area contributed by atoms with Gasteiger partial charge in [0.1, 0.15) is 24.3 Å². The molecule has 2 N–H and O–H groups in total. The molecule has 23 heavy (non-hydrogen) atoms. The van der Waals surface area contributed by atoms with Gasteiger partial charge in [0.15, 0.2) is 0 Å². The number of methoxy groups -OCH3 is 1. The van der Waals surface area contributed by atoms with Crippen LogP contribution in [0.1, 0.15) is 11.3 Å². The summed E-state index contributed by atoms with van der Waals surface area (Å²) in [6, 6.07) is 5.69. The number of hydrogen-bond donors (Lipinski definition) is 2. The van der Waals surface area contributed by atoms with E-state index >= 15 is 0 Å². The molecule has 1 aromatic carbocycles. The number of benzene rings is 1. The molecule has 0 fully saturated rings. The fraction of sp³-hybridized carbons (Fsp3) is 0.438. The third kappa shape index (κ3) is 4.67. The fourth-order valence-electron chi connectivity index (χ4n) is 2.29. The van der Waals surface area contributed by atoms with Gasteiger partial charge in [-0.25, -0.2) is 9.07 Å². The van der Waals surface area contributed by atoms with E-state index < -0.39 is 6.10 Å². The Hall–Kier alpha value is -2.12. The van der Waals surface area contributed by atoms with Gasteiger partial charge >= 0.3 is 0 Å². The molecule has 0 radical (unpaired) electrons. The number of rotatable bonds is 8. The van der Waals surface area contributed by atoms with Crippen LogP contribution in [0.2, 0.25) is 0 Å². The Morgan fingerprint density at radius 2 is 2.04 bits per heavy atom. The summed E-state index contributed by atoms with van der Waals surface area (Å²) in [6.45, 7) is 2.94. The SMILES string of the molecule is COc1c(CNCC(O)COc2ccc(F)cc2)c(C)nn1C. The van der Waals surface area contributed by atoms with Gasteiger partial charge in [0, 0.05) is 20.1 Å². The van der Waals surface area contributed by atoms with Crippen LogP contribution in [0.4, 0.5) is 4.39 Å². The van der Waals surface area contributed by atoms with E-state index in [1.165, 1.54) is 24.3 Å². The highest BCUT2D eigenvalue weighted by Gasteiger charge is 2.14. The monoisotopic (exact) mass is 323 g/mol. The predicted octanol–water partition coefficient (Wildman–Crippen LogP) is 1.41. The number of nitrogens with one attached hydrogen (secondary N) is 1. The minimum Gasteiger partial charge on any atom is -0.491 e. The Morgan fingerprint density at radius 1 is 1.35 bits per heavy atom. The molecule has 0 saturated heterocycles. The number of halogens is 1. The highest BCUT2D eigenvalue weighted by molar-refractivity contribution is 5.30. The van der Waals surface area contributed by atoms with E-state index in [0.717, 1.165) is 11.3 Å².